The van der Waals surface area contributed by atoms with E-state index in [2.05, 4.69) is 10.2 Å². The SMILES string of the molecule is N#Cc1ccc(SCCCl)nn1. The van der Waals surface area contributed by atoms with Gasteiger partial charge in [-0.1, -0.05) is 0 Å². The second kappa shape index (κ2) is 4.96. The summed E-state index contributed by atoms with van der Waals surface area (Å²) in [5, 5.41) is 16.7. The molecule has 0 saturated heterocycles. The molecular weight excluding hydrogens is 194 g/mol. The van der Waals surface area contributed by atoms with E-state index in [1.807, 2.05) is 6.07 Å². The van der Waals surface area contributed by atoms with Crippen LogP contribution in [0.15, 0.2) is 17.2 Å². The number of nitrogens with zero attached hydrogens (tertiary/aromatic N) is 3. The maximum absolute atomic E-state index is 8.42. The van der Waals surface area contributed by atoms with Crippen molar-refractivity contribution in [3.63, 3.8) is 0 Å². The van der Waals surface area contributed by atoms with Crippen molar-refractivity contribution in [1.82, 2.24) is 10.2 Å². The van der Waals surface area contributed by atoms with Crippen molar-refractivity contribution in [2.24, 2.45) is 0 Å². The van der Waals surface area contributed by atoms with Crippen molar-refractivity contribution >= 4 is 23.4 Å². The van der Waals surface area contributed by atoms with Crippen LogP contribution in [0.1, 0.15) is 5.69 Å². The van der Waals surface area contributed by atoms with Crippen LogP contribution in [-0.4, -0.2) is 21.8 Å². The first-order valence-corrected chi connectivity index (χ1v) is 4.81. The molecule has 0 unspecified atom stereocenters. The minimum Gasteiger partial charge on any atom is -0.191 e. The predicted octanol–water partition coefficient (Wildman–Crippen LogP) is 1.68. The van der Waals surface area contributed by atoms with Crippen LogP contribution < -0.4 is 0 Å². The van der Waals surface area contributed by atoms with Crippen molar-refractivity contribution in [2.75, 3.05) is 11.6 Å². The summed E-state index contributed by atoms with van der Waals surface area (Å²) in [4.78, 5) is 0. The molecular formula is C7H6ClN3S. The Balaban J connectivity index is 2.60. The van der Waals surface area contributed by atoms with Crippen LogP contribution in [0.5, 0.6) is 0 Å². The molecule has 1 heterocycles. The zero-order chi connectivity index (χ0) is 8.81. The third kappa shape index (κ3) is 2.68. The Morgan fingerprint density at radius 3 is 2.83 bits per heavy atom. The number of hydrogen-bond donors (Lipinski definition) is 0. The summed E-state index contributed by atoms with van der Waals surface area (Å²) in [6.45, 7) is 0. The number of aromatic nitrogens is 2. The van der Waals surface area contributed by atoms with Crippen LogP contribution in [0.2, 0.25) is 0 Å². The van der Waals surface area contributed by atoms with Gasteiger partial charge in [0.15, 0.2) is 5.69 Å². The number of halogens is 1. The van der Waals surface area contributed by atoms with Crippen molar-refractivity contribution in [1.29, 1.82) is 5.26 Å². The lowest BCUT2D eigenvalue weighted by Crippen LogP contribution is -1.89. The van der Waals surface area contributed by atoms with E-state index in [9.17, 15) is 0 Å². The number of nitriles is 1. The summed E-state index contributed by atoms with van der Waals surface area (Å²) < 4.78 is 0. The van der Waals surface area contributed by atoms with Gasteiger partial charge < -0.3 is 0 Å². The summed E-state index contributed by atoms with van der Waals surface area (Å²) >= 11 is 7.01. The van der Waals surface area contributed by atoms with Crippen LogP contribution in [0.4, 0.5) is 0 Å². The first-order chi connectivity index (χ1) is 5.86. The fourth-order valence-corrected chi connectivity index (χ4v) is 1.38. The third-order valence-corrected chi connectivity index (χ3v) is 2.42. The Hall–Kier alpha value is -0.790. The molecule has 0 bridgehead atoms. The molecule has 0 aliphatic heterocycles. The molecule has 0 amide bonds. The highest BCUT2D eigenvalue weighted by Gasteiger charge is 1.96. The van der Waals surface area contributed by atoms with Gasteiger partial charge in [-0.2, -0.15) is 5.26 Å². The maximum Gasteiger partial charge on any atom is 0.163 e. The zero-order valence-corrected chi connectivity index (χ0v) is 7.77. The van der Waals surface area contributed by atoms with E-state index >= 15 is 0 Å². The summed E-state index contributed by atoms with van der Waals surface area (Å²) in [7, 11) is 0. The minimum atomic E-state index is 0.338. The first-order valence-electron chi connectivity index (χ1n) is 3.29. The Morgan fingerprint density at radius 1 is 1.50 bits per heavy atom. The second-order valence-electron chi connectivity index (χ2n) is 1.91. The van der Waals surface area contributed by atoms with Gasteiger partial charge in [-0.15, -0.1) is 33.6 Å². The lowest BCUT2D eigenvalue weighted by Gasteiger charge is -1.94. The number of alkyl halides is 1. The van der Waals surface area contributed by atoms with Gasteiger partial charge in [-0.3, -0.25) is 0 Å². The molecule has 3 nitrogen and oxygen atoms in total. The van der Waals surface area contributed by atoms with Crippen LogP contribution in [-0.2, 0) is 0 Å². The van der Waals surface area contributed by atoms with E-state index in [1.54, 1.807) is 12.1 Å². The maximum atomic E-state index is 8.42. The highest BCUT2D eigenvalue weighted by Crippen LogP contribution is 2.13. The molecule has 0 saturated carbocycles. The molecule has 0 aliphatic rings. The second-order valence-corrected chi connectivity index (χ2v) is 3.40. The molecule has 1 rings (SSSR count). The molecule has 0 spiro atoms. The molecule has 0 N–H and O–H groups in total. The molecule has 0 fully saturated rings. The Kier molecular flexibility index (Phi) is 3.85. The Labute approximate surface area is 79.8 Å². The average molecular weight is 200 g/mol. The zero-order valence-electron chi connectivity index (χ0n) is 6.20. The van der Waals surface area contributed by atoms with E-state index in [1.165, 1.54) is 11.8 Å². The van der Waals surface area contributed by atoms with Crippen molar-refractivity contribution in [2.45, 2.75) is 5.03 Å². The Bertz CT molecular complexity index is 280. The van der Waals surface area contributed by atoms with Crippen LogP contribution in [0, 0.1) is 11.3 Å². The fraction of sp³-hybridized carbons (Fsp3) is 0.286. The summed E-state index contributed by atoms with van der Waals surface area (Å²) in [5.74, 6) is 1.40. The largest absolute Gasteiger partial charge is 0.191 e. The molecule has 12 heavy (non-hydrogen) atoms. The van der Waals surface area contributed by atoms with Gasteiger partial charge in [-0.05, 0) is 12.1 Å². The molecule has 1 aromatic heterocycles. The van der Waals surface area contributed by atoms with Gasteiger partial charge in [0.1, 0.15) is 11.1 Å². The first kappa shape index (κ1) is 9.30. The van der Waals surface area contributed by atoms with Crippen molar-refractivity contribution in [3.8, 4) is 6.07 Å². The average Bonchev–Trinajstić information content (AvgIpc) is 2.15. The van der Waals surface area contributed by atoms with E-state index in [0.717, 1.165) is 10.8 Å². The topological polar surface area (TPSA) is 49.6 Å². The van der Waals surface area contributed by atoms with Crippen molar-refractivity contribution in [3.05, 3.63) is 17.8 Å². The summed E-state index contributed by atoms with van der Waals surface area (Å²) in [6, 6.07) is 5.31. The number of thioether (sulfide) groups is 1. The van der Waals surface area contributed by atoms with E-state index < -0.39 is 0 Å². The monoisotopic (exact) mass is 199 g/mol. The van der Waals surface area contributed by atoms with Crippen LogP contribution >= 0.6 is 23.4 Å². The molecule has 0 aromatic carbocycles. The quantitative estimate of drug-likeness (QED) is 0.549. The standard InChI is InChI=1S/C7H6ClN3S/c8-3-4-12-7-2-1-6(5-9)10-11-7/h1-2H,3-4H2. The van der Waals surface area contributed by atoms with Gasteiger partial charge in [0.25, 0.3) is 0 Å². The van der Waals surface area contributed by atoms with Crippen molar-refractivity contribution < 1.29 is 0 Å². The number of rotatable bonds is 3. The smallest absolute Gasteiger partial charge is 0.163 e. The van der Waals surface area contributed by atoms with Gasteiger partial charge in [-0.25, -0.2) is 0 Å². The molecule has 0 aliphatic carbocycles. The molecule has 5 heteroatoms. The van der Waals surface area contributed by atoms with Gasteiger partial charge in [0.2, 0.25) is 0 Å². The normalized spacial score (nSPS) is 9.33. The molecule has 1 aromatic rings. The van der Waals surface area contributed by atoms with Gasteiger partial charge in [0.05, 0.1) is 0 Å². The highest BCUT2D eigenvalue weighted by molar-refractivity contribution is 7.99. The van der Waals surface area contributed by atoms with E-state index in [-0.39, 0.29) is 0 Å². The summed E-state index contributed by atoms with van der Waals surface area (Å²) in [5.41, 5.74) is 0.338. The fourth-order valence-electron chi connectivity index (χ4n) is 0.600. The van der Waals surface area contributed by atoms with E-state index in [0.29, 0.717) is 11.6 Å². The van der Waals surface area contributed by atoms with Crippen LogP contribution in [0.25, 0.3) is 0 Å². The lowest BCUT2D eigenvalue weighted by molar-refractivity contribution is 0.915. The van der Waals surface area contributed by atoms with Gasteiger partial charge in [0, 0.05) is 11.6 Å². The van der Waals surface area contributed by atoms with E-state index in [4.69, 9.17) is 16.9 Å². The van der Waals surface area contributed by atoms with Crippen LogP contribution in [0.3, 0.4) is 0 Å². The molecule has 0 atom stereocenters. The highest BCUT2D eigenvalue weighted by atomic mass is 35.5. The summed E-state index contributed by atoms with van der Waals surface area (Å²) in [6.07, 6.45) is 0. The van der Waals surface area contributed by atoms with Gasteiger partial charge >= 0.3 is 0 Å². The molecule has 0 radical (unpaired) electrons. The third-order valence-electron chi connectivity index (χ3n) is 1.08. The number of hydrogen-bond acceptors (Lipinski definition) is 4. The predicted molar refractivity (Wildman–Crippen MR) is 48.2 cm³/mol. The Morgan fingerprint density at radius 2 is 2.33 bits per heavy atom. The molecule has 62 valence electrons. The lowest BCUT2D eigenvalue weighted by atomic mass is 10.4. The minimum absolute atomic E-state index is 0.338.